The van der Waals surface area contributed by atoms with Gasteiger partial charge in [-0.3, -0.25) is 14.8 Å². The third kappa shape index (κ3) is 5.78. The monoisotopic (exact) mass is 391 g/mol. The van der Waals surface area contributed by atoms with E-state index in [4.69, 9.17) is 5.10 Å². The van der Waals surface area contributed by atoms with Crippen LogP contribution in [0.15, 0.2) is 66.9 Å². The Morgan fingerprint density at radius 1 is 1.03 bits per heavy atom. The molecule has 0 aliphatic rings. The maximum atomic E-state index is 11.8. The number of hydrogen-bond donors (Lipinski definition) is 2. The number of carboxylic acids is 1. The standard InChI is InChI=1S/C24H29N3O2/c1-24(2,3)22-20(17-27(26-22)16-19-12-8-5-9-13-19)15-25-21(23(28)29)14-18-10-6-4-7-11-18/h4-13,17,21,25H,14-16H2,1-3H3,(H,28,29)/t21-/m0/s1. The van der Waals surface area contributed by atoms with Gasteiger partial charge in [0, 0.05) is 23.7 Å². The highest BCUT2D eigenvalue weighted by Crippen LogP contribution is 2.25. The maximum Gasteiger partial charge on any atom is 0.321 e. The highest BCUT2D eigenvalue weighted by atomic mass is 16.4. The molecule has 2 aromatic carbocycles. The molecule has 0 fully saturated rings. The lowest BCUT2D eigenvalue weighted by atomic mass is 9.89. The molecule has 1 aromatic heterocycles. The molecular formula is C24H29N3O2. The number of nitrogens with one attached hydrogen (secondary N) is 1. The van der Waals surface area contributed by atoms with Crippen molar-refractivity contribution in [1.29, 1.82) is 0 Å². The Bertz CT molecular complexity index is 928. The summed E-state index contributed by atoms with van der Waals surface area (Å²) in [5.74, 6) is -0.845. The topological polar surface area (TPSA) is 67.2 Å². The van der Waals surface area contributed by atoms with Crippen LogP contribution in [0.3, 0.4) is 0 Å². The second kappa shape index (κ2) is 9.05. The van der Waals surface area contributed by atoms with Crippen molar-refractivity contribution < 1.29 is 9.90 Å². The van der Waals surface area contributed by atoms with Crippen LogP contribution in [0.5, 0.6) is 0 Å². The Labute approximate surface area is 172 Å². The van der Waals surface area contributed by atoms with Crippen molar-refractivity contribution in [3.05, 3.63) is 89.2 Å². The maximum absolute atomic E-state index is 11.8. The lowest BCUT2D eigenvalue weighted by Gasteiger charge is -2.19. The van der Waals surface area contributed by atoms with Crippen molar-refractivity contribution in [3.63, 3.8) is 0 Å². The molecule has 0 saturated heterocycles. The molecule has 0 aliphatic carbocycles. The van der Waals surface area contributed by atoms with Crippen LogP contribution in [-0.2, 0) is 29.7 Å². The largest absolute Gasteiger partial charge is 0.480 e. The van der Waals surface area contributed by atoms with E-state index < -0.39 is 12.0 Å². The van der Waals surface area contributed by atoms with Gasteiger partial charge in [-0.05, 0) is 17.5 Å². The van der Waals surface area contributed by atoms with Crippen molar-refractivity contribution in [2.24, 2.45) is 0 Å². The molecule has 0 saturated carbocycles. The number of rotatable bonds is 8. The lowest BCUT2D eigenvalue weighted by molar-refractivity contribution is -0.139. The van der Waals surface area contributed by atoms with Gasteiger partial charge in [-0.2, -0.15) is 5.10 Å². The minimum absolute atomic E-state index is 0.128. The van der Waals surface area contributed by atoms with E-state index in [1.54, 1.807) is 0 Å². The average molecular weight is 392 g/mol. The zero-order valence-electron chi connectivity index (χ0n) is 17.3. The number of aliphatic carboxylic acids is 1. The van der Waals surface area contributed by atoms with Crippen LogP contribution in [0.25, 0.3) is 0 Å². The SMILES string of the molecule is CC(C)(C)c1nn(Cc2ccccc2)cc1CN[C@@H](Cc1ccccc1)C(=O)O. The fourth-order valence-electron chi connectivity index (χ4n) is 3.40. The number of benzene rings is 2. The van der Waals surface area contributed by atoms with Gasteiger partial charge < -0.3 is 5.11 Å². The van der Waals surface area contributed by atoms with E-state index >= 15 is 0 Å². The van der Waals surface area contributed by atoms with E-state index in [1.807, 2.05) is 59.4 Å². The van der Waals surface area contributed by atoms with E-state index in [1.165, 1.54) is 5.56 Å². The molecule has 29 heavy (non-hydrogen) atoms. The molecule has 1 heterocycles. The number of hydrogen-bond acceptors (Lipinski definition) is 3. The first-order valence-corrected chi connectivity index (χ1v) is 9.94. The van der Waals surface area contributed by atoms with Crippen LogP contribution in [0.2, 0.25) is 0 Å². The normalized spacial score (nSPS) is 12.7. The molecule has 5 nitrogen and oxygen atoms in total. The highest BCUT2D eigenvalue weighted by molar-refractivity contribution is 5.73. The molecule has 1 atom stereocenters. The Hall–Kier alpha value is -2.92. The molecule has 2 N–H and O–H groups in total. The molecule has 0 aliphatic heterocycles. The second-order valence-electron chi connectivity index (χ2n) is 8.40. The molecule has 0 spiro atoms. The third-order valence-electron chi connectivity index (χ3n) is 4.85. The summed E-state index contributed by atoms with van der Waals surface area (Å²) in [5, 5.41) is 17.7. The van der Waals surface area contributed by atoms with Gasteiger partial charge in [0.05, 0.1) is 12.2 Å². The van der Waals surface area contributed by atoms with Crippen LogP contribution in [0, 0.1) is 0 Å². The molecule has 3 aromatic rings. The van der Waals surface area contributed by atoms with Crippen molar-refractivity contribution >= 4 is 5.97 Å². The summed E-state index contributed by atoms with van der Waals surface area (Å²) in [6.07, 6.45) is 2.47. The molecule has 0 bridgehead atoms. The van der Waals surface area contributed by atoms with E-state index in [-0.39, 0.29) is 5.41 Å². The molecule has 152 valence electrons. The molecule has 5 heteroatoms. The fraction of sp³-hybridized carbons (Fsp3) is 0.333. The minimum Gasteiger partial charge on any atom is -0.480 e. The van der Waals surface area contributed by atoms with Gasteiger partial charge in [-0.25, -0.2) is 0 Å². The summed E-state index contributed by atoms with van der Waals surface area (Å²) >= 11 is 0. The van der Waals surface area contributed by atoms with Gasteiger partial charge in [-0.1, -0.05) is 81.4 Å². The molecule has 0 radical (unpaired) electrons. The zero-order valence-corrected chi connectivity index (χ0v) is 17.3. The Morgan fingerprint density at radius 3 is 2.17 bits per heavy atom. The van der Waals surface area contributed by atoms with Gasteiger partial charge in [0.1, 0.15) is 6.04 Å². The lowest BCUT2D eigenvalue weighted by Crippen LogP contribution is -2.38. The molecule has 0 amide bonds. The summed E-state index contributed by atoms with van der Waals surface area (Å²) in [5.41, 5.74) is 4.08. The number of nitrogens with zero attached hydrogens (tertiary/aromatic N) is 2. The second-order valence-corrected chi connectivity index (χ2v) is 8.40. The van der Waals surface area contributed by atoms with Gasteiger partial charge in [-0.15, -0.1) is 0 Å². The predicted octanol–water partition coefficient (Wildman–Crippen LogP) is 4.01. The van der Waals surface area contributed by atoms with E-state index in [0.717, 1.165) is 16.8 Å². The molecule has 0 unspecified atom stereocenters. The first-order chi connectivity index (χ1) is 13.8. The van der Waals surface area contributed by atoms with E-state index in [9.17, 15) is 9.90 Å². The summed E-state index contributed by atoms with van der Waals surface area (Å²) < 4.78 is 1.94. The molecular weight excluding hydrogens is 362 g/mol. The Balaban J connectivity index is 1.76. The van der Waals surface area contributed by atoms with Crippen LogP contribution in [-0.4, -0.2) is 26.9 Å². The van der Waals surface area contributed by atoms with Crippen molar-refractivity contribution in [2.75, 3.05) is 0 Å². The van der Waals surface area contributed by atoms with Crippen LogP contribution in [0.1, 0.15) is 43.2 Å². The van der Waals surface area contributed by atoms with Crippen molar-refractivity contribution in [2.45, 2.75) is 51.7 Å². The quantitative estimate of drug-likeness (QED) is 0.609. The van der Waals surface area contributed by atoms with Gasteiger partial charge in [0.2, 0.25) is 0 Å². The first-order valence-electron chi connectivity index (χ1n) is 9.94. The average Bonchev–Trinajstić information content (AvgIpc) is 3.09. The molecule has 3 rings (SSSR count). The Kier molecular flexibility index (Phi) is 6.49. The Morgan fingerprint density at radius 2 is 1.62 bits per heavy atom. The van der Waals surface area contributed by atoms with Crippen LogP contribution in [0.4, 0.5) is 0 Å². The summed E-state index contributed by atoms with van der Waals surface area (Å²) in [6.45, 7) is 7.54. The third-order valence-corrected chi connectivity index (χ3v) is 4.85. The predicted molar refractivity (Wildman–Crippen MR) is 115 cm³/mol. The highest BCUT2D eigenvalue weighted by Gasteiger charge is 2.24. The van der Waals surface area contributed by atoms with Crippen LogP contribution < -0.4 is 5.32 Å². The zero-order chi connectivity index (χ0) is 20.9. The van der Waals surface area contributed by atoms with Gasteiger partial charge in [0.15, 0.2) is 0 Å². The number of aromatic nitrogens is 2. The summed E-state index contributed by atoms with van der Waals surface area (Å²) in [4.78, 5) is 11.8. The van der Waals surface area contributed by atoms with Crippen molar-refractivity contribution in [3.8, 4) is 0 Å². The van der Waals surface area contributed by atoms with Crippen LogP contribution >= 0.6 is 0 Å². The smallest absolute Gasteiger partial charge is 0.321 e. The number of carboxylic acid groups (broad SMARTS) is 1. The number of carbonyl (C=O) groups is 1. The summed E-state index contributed by atoms with van der Waals surface area (Å²) in [6, 6.07) is 19.3. The van der Waals surface area contributed by atoms with Crippen molar-refractivity contribution in [1.82, 2.24) is 15.1 Å². The summed E-state index contributed by atoms with van der Waals surface area (Å²) in [7, 11) is 0. The van der Waals surface area contributed by atoms with E-state index in [0.29, 0.717) is 19.5 Å². The minimum atomic E-state index is -0.845. The van der Waals surface area contributed by atoms with Gasteiger partial charge >= 0.3 is 5.97 Å². The first kappa shape index (κ1) is 20.8. The van der Waals surface area contributed by atoms with Gasteiger partial charge in [0.25, 0.3) is 0 Å². The fourth-order valence-corrected chi connectivity index (χ4v) is 3.40. The van der Waals surface area contributed by atoms with E-state index in [2.05, 4.69) is 38.2 Å².